The van der Waals surface area contributed by atoms with Crippen molar-refractivity contribution >= 4 is 5.97 Å². The standard InChI is InChI=1S/C18H20N2O4/c1-2-24-18(23)14-16(21)15(13-6-4-3-5-7-13)19-20(17(14)22)11-10-12-8-9-12/h3-7,12,21H,2,8-11H2,1H3. The summed E-state index contributed by atoms with van der Waals surface area (Å²) >= 11 is 0. The maximum atomic E-state index is 12.6. The fraction of sp³-hybridized carbons (Fsp3) is 0.389. The van der Waals surface area contributed by atoms with Crippen molar-refractivity contribution < 1.29 is 14.6 Å². The van der Waals surface area contributed by atoms with Crippen LogP contribution in [0.4, 0.5) is 0 Å². The molecular formula is C18H20N2O4. The molecule has 0 unspecified atom stereocenters. The Bertz CT molecular complexity index is 795. The van der Waals surface area contributed by atoms with Gasteiger partial charge in [0.2, 0.25) is 0 Å². The van der Waals surface area contributed by atoms with Gasteiger partial charge in [-0.15, -0.1) is 0 Å². The number of esters is 1. The average Bonchev–Trinajstić information content (AvgIpc) is 3.40. The summed E-state index contributed by atoms with van der Waals surface area (Å²) in [5.41, 5.74) is -0.0949. The lowest BCUT2D eigenvalue weighted by molar-refractivity contribution is 0.0519. The quantitative estimate of drug-likeness (QED) is 0.824. The molecule has 6 nitrogen and oxygen atoms in total. The topological polar surface area (TPSA) is 81.4 Å². The van der Waals surface area contributed by atoms with Gasteiger partial charge in [0.25, 0.3) is 5.56 Å². The van der Waals surface area contributed by atoms with Gasteiger partial charge in [-0.25, -0.2) is 9.48 Å². The fourth-order valence-corrected chi connectivity index (χ4v) is 2.60. The van der Waals surface area contributed by atoms with Crippen LogP contribution < -0.4 is 5.56 Å². The van der Waals surface area contributed by atoms with Gasteiger partial charge in [0.05, 0.1) is 6.61 Å². The zero-order valence-corrected chi connectivity index (χ0v) is 13.6. The van der Waals surface area contributed by atoms with Crippen molar-refractivity contribution in [2.75, 3.05) is 6.61 Å². The lowest BCUT2D eigenvalue weighted by Gasteiger charge is -2.12. The number of carbonyl (C=O) groups excluding carboxylic acids is 1. The van der Waals surface area contributed by atoms with Crippen LogP contribution in [0.3, 0.4) is 0 Å². The average molecular weight is 328 g/mol. The largest absolute Gasteiger partial charge is 0.505 e. The second-order valence-corrected chi connectivity index (χ2v) is 5.92. The Labute approximate surface area is 139 Å². The lowest BCUT2D eigenvalue weighted by Crippen LogP contribution is -2.30. The van der Waals surface area contributed by atoms with E-state index < -0.39 is 17.3 Å². The van der Waals surface area contributed by atoms with Crippen LogP contribution in [0.5, 0.6) is 5.75 Å². The van der Waals surface area contributed by atoms with Gasteiger partial charge in [-0.1, -0.05) is 43.2 Å². The molecule has 6 heteroatoms. The minimum Gasteiger partial charge on any atom is -0.505 e. The van der Waals surface area contributed by atoms with Gasteiger partial charge in [0.1, 0.15) is 5.69 Å². The molecule has 1 fully saturated rings. The van der Waals surface area contributed by atoms with Gasteiger partial charge < -0.3 is 9.84 Å². The van der Waals surface area contributed by atoms with Gasteiger partial charge in [-0.3, -0.25) is 4.79 Å². The minimum atomic E-state index is -0.820. The third kappa shape index (κ3) is 3.32. The number of hydrogen-bond acceptors (Lipinski definition) is 5. The third-order valence-electron chi connectivity index (χ3n) is 4.10. The molecule has 1 heterocycles. The summed E-state index contributed by atoms with van der Waals surface area (Å²) in [7, 11) is 0. The normalized spacial score (nSPS) is 13.7. The molecule has 24 heavy (non-hydrogen) atoms. The number of benzene rings is 1. The van der Waals surface area contributed by atoms with Gasteiger partial charge in [-0.2, -0.15) is 5.10 Å². The Balaban J connectivity index is 2.10. The van der Waals surface area contributed by atoms with E-state index in [0.717, 1.165) is 6.42 Å². The van der Waals surface area contributed by atoms with E-state index in [0.29, 0.717) is 18.0 Å². The number of aromatic nitrogens is 2. The number of nitrogens with zero attached hydrogens (tertiary/aromatic N) is 2. The predicted octanol–water partition coefficient (Wildman–Crippen LogP) is 2.59. The van der Waals surface area contributed by atoms with Crippen LogP contribution in [0.15, 0.2) is 35.1 Å². The maximum Gasteiger partial charge on any atom is 0.347 e. The molecule has 0 atom stereocenters. The summed E-state index contributed by atoms with van der Waals surface area (Å²) < 4.78 is 6.20. The van der Waals surface area contributed by atoms with Crippen molar-refractivity contribution in [1.29, 1.82) is 0 Å². The highest BCUT2D eigenvalue weighted by molar-refractivity contribution is 5.94. The molecule has 2 aromatic rings. The number of carbonyl (C=O) groups is 1. The molecule has 3 rings (SSSR count). The summed E-state index contributed by atoms with van der Waals surface area (Å²) in [5, 5.41) is 14.7. The molecule has 0 aliphatic heterocycles. The van der Waals surface area contributed by atoms with E-state index in [2.05, 4.69) is 5.10 Å². The first-order valence-electron chi connectivity index (χ1n) is 8.18. The first-order chi connectivity index (χ1) is 11.6. The summed E-state index contributed by atoms with van der Waals surface area (Å²) in [6, 6.07) is 9.00. The smallest absolute Gasteiger partial charge is 0.347 e. The molecule has 0 amide bonds. The van der Waals surface area contributed by atoms with Gasteiger partial charge in [0, 0.05) is 12.1 Å². The Morgan fingerprint density at radius 1 is 1.33 bits per heavy atom. The number of ether oxygens (including phenoxy) is 1. The molecular weight excluding hydrogens is 308 g/mol. The van der Waals surface area contributed by atoms with E-state index >= 15 is 0 Å². The van der Waals surface area contributed by atoms with Gasteiger partial charge in [0.15, 0.2) is 11.3 Å². The monoisotopic (exact) mass is 328 g/mol. The molecule has 1 aliphatic carbocycles. The number of aromatic hydroxyl groups is 1. The maximum absolute atomic E-state index is 12.6. The summed E-state index contributed by atoms with van der Waals surface area (Å²) in [6.45, 7) is 2.21. The molecule has 126 valence electrons. The second-order valence-electron chi connectivity index (χ2n) is 5.92. The molecule has 0 saturated heterocycles. The summed E-state index contributed by atoms with van der Waals surface area (Å²) in [6.07, 6.45) is 3.18. The zero-order chi connectivity index (χ0) is 17.1. The van der Waals surface area contributed by atoms with E-state index in [1.807, 2.05) is 6.07 Å². The molecule has 1 aliphatic rings. The highest BCUT2D eigenvalue weighted by Gasteiger charge is 2.26. The summed E-state index contributed by atoms with van der Waals surface area (Å²) in [5.74, 6) is -0.620. The van der Waals surface area contributed by atoms with E-state index in [1.54, 1.807) is 31.2 Å². The van der Waals surface area contributed by atoms with Crippen molar-refractivity contribution in [1.82, 2.24) is 9.78 Å². The number of aryl methyl sites for hydroxylation is 1. The first kappa shape index (κ1) is 16.2. The molecule has 1 N–H and O–H groups in total. The Morgan fingerprint density at radius 2 is 2.04 bits per heavy atom. The Hall–Kier alpha value is -2.63. The van der Waals surface area contributed by atoms with E-state index in [1.165, 1.54) is 17.5 Å². The summed E-state index contributed by atoms with van der Waals surface area (Å²) in [4.78, 5) is 24.7. The van der Waals surface area contributed by atoms with E-state index in [-0.39, 0.29) is 17.9 Å². The lowest BCUT2D eigenvalue weighted by atomic mass is 10.1. The van der Waals surface area contributed by atoms with Gasteiger partial charge in [-0.05, 0) is 19.3 Å². The second kappa shape index (κ2) is 6.86. The minimum absolute atomic E-state index is 0.128. The van der Waals surface area contributed by atoms with Crippen molar-refractivity contribution in [3.05, 3.63) is 46.2 Å². The highest BCUT2D eigenvalue weighted by Crippen LogP contribution is 2.33. The fourth-order valence-electron chi connectivity index (χ4n) is 2.60. The SMILES string of the molecule is CCOC(=O)c1c(O)c(-c2ccccc2)nn(CCC2CC2)c1=O. The predicted molar refractivity (Wildman–Crippen MR) is 88.9 cm³/mol. The number of hydrogen-bond donors (Lipinski definition) is 1. The van der Waals surface area contributed by atoms with Crippen LogP contribution in [0.2, 0.25) is 0 Å². The van der Waals surface area contributed by atoms with Crippen LogP contribution in [0, 0.1) is 5.92 Å². The van der Waals surface area contributed by atoms with E-state index in [4.69, 9.17) is 4.74 Å². The van der Waals surface area contributed by atoms with Crippen molar-refractivity contribution in [3.8, 4) is 17.0 Å². The molecule has 1 saturated carbocycles. The number of rotatable bonds is 6. The first-order valence-corrected chi connectivity index (χ1v) is 8.18. The van der Waals surface area contributed by atoms with Crippen LogP contribution >= 0.6 is 0 Å². The Morgan fingerprint density at radius 3 is 2.67 bits per heavy atom. The molecule has 0 bridgehead atoms. The third-order valence-corrected chi connectivity index (χ3v) is 4.10. The van der Waals surface area contributed by atoms with Crippen molar-refractivity contribution in [2.45, 2.75) is 32.7 Å². The zero-order valence-electron chi connectivity index (χ0n) is 13.6. The van der Waals surface area contributed by atoms with Crippen LogP contribution in [0.1, 0.15) is 36.5 Å². The Kier molecular flexibility index (Phi) is 4.64. The van der Waals surface area contributed by atoms with E-state index in [9.17, 15) is 14.7 Å². The van der Waals surface area contributed by atoms with Crippen LogP contribution in [-0.4, -0.2) is 27.5 Å². The molecule has 1 aromatic carbocycles. The molecule has 1 aromatic heterocycles. The van der Waals surface area contributed by atoms with Crippen molar-refractivity contribution in [2.24, 2.45) is 5.92 Å². The van der Waals surface area contributed by atoms with Crippen LogP contribution in [-0.2, 0) is 11.3 Å². The van der Waals surface area contributed by atoms with Crippen LogP contribution in [0.25, 0.3) is 11.3 Å². The molecule has 0 spiro atoms. The van der Waals surface area contributed by atoms with Gasteiger partial charge >= 0.3 is 5.97 Å². The highest BCUT2D eigenvalue weighted by atomic mass is 16.5. The molecule has 0 radical (unpaired) electrons. The van der Waals surface area contributed by atoms with Crippen molar-refractivity contribution in [3.63, 3.8) is 0 Å².